The van der Waals surface area contributed by atoms with E-state index in [2.05, 4.69) is 5.32 Å². The number of anilines is 1. The number of ether oxygens (including phenoxy) is 1. The lowest BCUT2D eigenvalue weighted by molar-refractivity contribution is -0.140. The van der Waals surface area contributed by atoms with Gasteiger partial charge in [-0.25, -0.2) is 12.8 Å². The van der Waals surface area contributed by atoms with Crippen molar-refractivity contribution in [3.8, 4) is 5.75 Å². The summed E-state index contributed by atoms with van der Waals surface area (Å²) in [6.07, 6.45) is 5.09. The number of hydrogen-bond acceptors (Lipinski definition) is 5. The van der Waals surface area contributed by atoms with Gasteiger partial charge in [-0.2, -0.15) is 0 Å². The molecule has 3 aromatic rings. The van der Waals surface area contributed by atoms with Crippen LogP contribution in [-0.4, -0.2) is 50.9 Å². The molecule has 1 unspecified atom stereocenters. The molecule has 1 saturated carbocycles. The van der Waals surface area contributed by atoms with Crippen molar-refractivity contribution in [2.75, 3.05) is 18.0 Å². The topological polar surface area (TPSA) is 96.0 Å². The van der Waals surface area contributed by atoms with E-state index in [1.54, 1.807) is 25.1 Å². The van der Waals surface area contributed by atoms with Crippen molar-refractivity contribution >= 4 is 50.7 Å². The van der Waals surface area contributed by atoms with E-state index in [9.17, 15) is 22.4 Å². The Morgan fingerprint density at radius 1 is 0.977 bits per heavy atom. The van der Waals surface area contributed by atoms with Gasteiger partial charge in [0.15, 0.2) is 0 Å². The van der Waals surface area contributed by atoms with Gasteiger partial charge in [0.1, 0.15) is 24.2 Å². The number of nitrogens with zero attached hydrogens (tertiary/aromatic N) is 2. The lowest BCUT2D eigenvalue weighted by Crippen LogP contribution is -2.54. The van der Waals surface area contributed by atoms with Crippen LogP contribution in [-0.2, 0) is 26.2 Å². The van der Waals surface area contributed by atoms with Crippen molar-refractivity contribution in [3.63, 3.8) is 0 Å². The molecule has 0 radical (unpaired) electrons. The first-order chi connectivity index (χ1) is 21.0. The Labute approximate surface area is 268 Å². The Bertz CT molecular complexity index is 1530. The van der Waals surface area contributed by atoms with E-state index in [-0.39, 0.29) is 35.5 Å². The lowest BCUT2D eigenvalue weighted by atomic mass is 9.95. The van der Waals surface area contributed by atoms with Crippen LogP contribution in [0.5, 0.6) is 5.75 Å². The van der Waals surface area contributed by atoms with Crippen LogP contribution >= 0.6 is 23.2 Å². The van der Waals surface area contributed by atoms with Gasteiger partial charge in [0.25, 0.3) is 10.0 Å². The van der Waals surface area contributed by atoms with E-state index < -0.39 is 34.3 Å². The fourth-order valence-corrected chi connectivity index (χ4v) is 7.26. The number of benzene rings is 3. The Hall–Kier alpha value is -3.34. The van der Waals surface area contributed by atoms with Gasteiger partial charge in [-0.1, -0.05) is 55.5 Å². The van der Waals surface area contributed by atoms with Crippen LogP contribution in [0, 0.1) is 5.82 Å². The van der Waals surface area contributed by atoms with E-state index in [1.807, 2.05) is 0 Å². The quantitative estimate of drug-likeness (QED) is 0.236. The molecule has 1 aliphatic carbocycles. The summed E-state index contributed by atoms with van der Waals surface area (Å²) in [4.78, 5) is 29.1. The molecule has 44 heavy (non-hydrogen) atoms. The molecule has 0 aromatic heterocycles. The maximum atomic E-state index is 14.3. The van der Waals surface area contributed by atoms with E-state index in [4.69, 9.17) is 27.9 Å². The number of methoxy groups -OCH3 is 1. The minimum atomic E-state index is -4.33. The Morgan fingerprint density at radius 3 is 2.16 bits per heavy atom. The van der Waals surface area contributed by atoms with Crippen molar-refractivity contribution in [2.45, 2.75) is 69.0 Å². The van der Waals surface area contributed by atoms with Crippen molar-refractivity contribution < 1.29 is 27.1 Å². The Balaban J connectivity index is 1.73. The summed E-state index contributed by atoms with van der Waals surface area (Å²) in [6, 6.07) is 14.5. The zero-order valence-corrected chi connectivity index (χ0v) is 27.0. The summed E-state index contributed by atoms with van der Waals surface area (Å²) in [7, 11) is -2.87. The normalized spacial score (nSPS) is 14.5. The second-order valence-corrected chi connectivity index (χ2v) is 13.3. The number of halogens is 3. The van der Waals surface area contributed by atoms with Crippen molar-refractivity contribution in [1.82, 2.24) is 10.2 Å². The highest BCUT2D eigenvalue weighted by molar-refractivity contribution is 7.92. The molecule has 236 valence electrons. The molecule has 3 aromatic carbocycles. The number of rotatable bonds is 12. The standard InChI is InChI=1S/C32H36Cl2FN3O5S/c1-3-30(32(40)36-23-8-5-4-6-9-23)37(20-27-28(33)10-7-11-29(27)34)31(39)21-38(24-14-12-22(35)13-15-24)44(41,42)26-18-16-25(43-2)17-19-26/h7,10-19,23,30H,3-6,8-9,20-21H2,1-2H3,(H,36,40). The third kappa shape index (κ3) is 8.02. The van der Waals surface area contributed by atoms with Crippen LogP contribution in [0.3, 0.4) is 0 Å². The minimum Gasteiger partial charge on any atom is -0.497 e. The molecule has 1 aliphatic rings. The van der Waals surface area contributed by atoms with Gasteiger partial charge in [-0.3, -0.25) is 13.9 Å². The van der Waals surface area contributed by atoms with Gasteiger partial charge < -0.3 is 15.0 Å². The second-order valence-electron chi connectivity index (χ2n) is 10.7. The first-order valence-corrected chi connectivity index (χ1v) is 16.7. The van der Waals surface area contributed by atoms with Crippen molar-refractivity contribution in [3.05, 3.63) is 88.2 Å². The molecule has 8 nitrogen and oxygen atoms in total. The zero-order valence-electron chi connectivity index (χ0n) is 24.6. The van der Waals surface area contributed by atoms with Crippen LogP contribution in [0.4, 0.5) is 10.1 Å². The predicted molar refractivity (Wildman–Crippen MR) is 170 cm³/mol. The molecule has 1 N–H and O–H groups in total. The lowest BCUT2D eigenvalue weighted by Gasteiger charge is -2.34. The molecule has 0 bridgehead atoms. The highest BCUT2D eigenvalue weighted by Crippen LogP contribution is 2.29. The number of nitrogens with one attached hydrogen (secondary N) is 1. The fourth-order valence-electron chi connectivity index (χ4n) is 5.33. The molecule has 1 atom stereocenters. The molecule has 0 spiro atoms. The van der Waals surface area contributed by atoms with Gasteiger partial charge >= 0.3 is 0 Å². The highest BCUT2D eigenvalue weighted by atomic mass is 35.5. The first-order valence-electron chi connectivity index (χ1n) is 14.5. The highest BCUT2D eigenvalue weighted by Gasteiger charge is 2.35. The molecule has 0 heterocycles. The second kappa shape index (κ2) is 15.1. The summed E-state index contributed by atoms with van der Waals surface area (Å²) < 4.78 is 47.9. The Morgan fingerprint density at radius 2 is 1.59 bits per heavy atom. The summed E-state index contributed by atoms with van der Waals surface area (Å²) in [6.45, 7) is 0.981. The average molecular weight is 665 g/mol. The molecular weight excluding hydrogens is 628 g/mol. The van der Waals surface area contributed by atoms with E-state index in [0.29, 0.717) is 21.4 Å². The molecule has 0 aliphatic heterocycles. The number of amides is 2. The summed E-state index contributed by atoms with van der Waals surface area (Å²) >= 11 is 13.0. The summed E-state index contributed by atoms with van der Waals surface area (Å²) in [5, 5.41) is 3.70. The van der Waals surface area contributed by atoms with Gasteiger partial charge in [-0.05, 0) is 79.9 Å². The first kappa shape index (κ1) is 33.6. The van der Waals surface area contributed by atoms with Gasteiger partial charge in [0, 0.05) is 28.2 Å². The molecule has 4 rings (SSSR count). The fraction of sp³-hybridized carbons (Fsp3) is 0.375. The molecule has 1 fully saturated rings. The van der Waals surface area contributed by atoms with Gasteiger partial charge in [-0.15, -0.1) is 0 Å². The van der Waals surface area contributed by atoms with Crippen molar-refractivity contribution in [2.24, 2.45) is 0 Å². The smallest absolute Gasteiger partial charge is 0.264 e. The average Bonchev–Trinajstić information content (AvgIpc) is 3.02. The Kier molecular flexibility index (Phi) is 11.5. The monoisotopic (exact) mass is 663 g/mol. The third-order valence-electron chi connectivity index (χ3n) is 7.77. The van der Waals surface area contributed by atoms with E-state index in [0.717, 1.165) is 48.5 Å². The van der Waals surface area contributed by atoms with Crippen LogP contribution in [0.15, 0.2) is 71.6 Å². The summed E-state index contributed by atoms with van der Waals surface area (Å²) in [5.74, 6) is -1.11. The SMILES string of the molecule is CCC(C(=O)NC1CCCCC1)N(Cc1c(Cl)cccc1Cl)C(=O)CN(c1ccc(F)cc1)S(=O)(=O)c1ccc(OC)cc1. The minimum absolute atomic E-state index is 0.00248. The van der Waals surface area contributed by atoms with Crippen molar-refractivity contribution in [1.29, 1.82) is 0 Å². The number of carbonyl (C=O) groups excluding carboxylic acids is 2. The van der Waals surface area contributed by atoms with Crippen LogP contribution < -0.4 is 14.4 Å². The summed E-state index contributed by atoms with van der Waals surface area (Å²) in [5.41, 5.74) is 0.505. The number of sulfonamides is 1. The third-order valence-corrected chi connectivity index (χ3v) is 10.3. The zero-order chi connectivity index (χ0) is 31.9. The predicted octanol–water partition coefficient (Wildman–Crippen LogP) is 6.59. The van der Waals surface area contributed by atoms with Crippen LogP contribution in [0.2, 0.25) is 10.0 Å². The maximum absolute atomic E-state index is 14.3. The van der Waals surface area contributed by atoms with Gasteiger partial charge in [0.2, 0.25) is 11.8 Å². The van der Waals surface area contributed by atoms with Crippen LogP contribution in [0.25, 0.3) is 0 Å². The van der Waals surface area contributed by atoms with E-state index in [1.165, 1.54) is 48.4 Å². The largest absolute Gasteiger partial charge is 0.497 e. The van der Waals surface area contributed by atoms with Gasteiger partial charge in [0.05, 0.1) is 17.7 Å². The molecule has 2 amide bonds. The maximum Gasteiger partial charge on any atom is 0.264 e. The van der Waals surface area contributed by atoms with Crippen LogP contribution in [0.1, 0.15) is 51.0 Å². The number of hydrogen-bond donors (Lipinski definition) is 1. The molecular formula is C32H36Cl2FN3O5S. The molecule has 0 saturated heterocycles. The molecule has 12 heteroatoms. The number of carbonyl (C=O) groups is 2. The van der Waals surface area contributed by atoms with E-state index >= 15 is 0 Å².